The van der Waals surface area contributed by atoms with Crippen LogP contribution in [0.15, 0.2) is 53.1 Å². The van der Waals surface area contributed by atoms with E-state index in [-0.39, 0.29) is 6.54 Å². The van der Waals surface area contributed by atoms with Gasteiger partial charge >= 0.3 is 5.97 Å². The summed E-state index contributed by atoms with van der Waals surface area (Å²) in [5.41, 5.74) is 1.91. The van der Waals surface area contributed by atoms with Crippen LogP contribution in [0.25, 0.3) is 11.4 Å². The summed E-state index contributed by atoms with van der Waals surface area (Å²) in [6.07, 6.45) is 0. The fraction of sp³-hybridized carbons (Fsp3) is 0.200. The van der Waals surface area contributed by atoms with Gasteiger partial charge in [-0.3, -0.25) is 0 Å². The zero-order valence-electron chi connectivity index (χ0n) is 16.0. The van der Waals surface area contributed by atoms with E-state index >= 15 is 0 Å². The Hall–Kier alpha value is -3.46. The number of benzene rings is 2. The van der Waals surface area contributed by atoms with E-state index in [1.165, 1.54) is 7.11 Å². The Morgan fingerprint density at radius 3 is 2.72 bits per heavy atom. The number of rotatable bonds is 7. The second-order valence-electron chi connectivity index (χ2n) is 5.85. The first-order valence-electron chi connectivity index (χ1n) is 8.88. The molecule has 0 bridgehead atoms. The molecule has 0 unspecified atom stereocenters. The van der Waals surface area contributed by atoms with Crippen molar-refractivity contribution in [3.8, 4) is 17.1 Å². The number of anilines is 1. The average molecular weight is 412 g/mol. The minimum atomic E-state index is -0.416. The molecule has 8 nitrogen and oxygen atoms in total. The van der Waals surface area contributed by atoms with Crippen molar-refractivity contribution in [3.63, 3.8) is 0 Å². The predicted molar refractivity (Wildman–Crippen MR) is 112 cm³/mol. The number of carbonyl (C=O) groups excluding carboxylic acids is 1. The number of esters is 1. The van der Waals surface area contributed by atoms with Crippen LogP contribution in [0.2, 0.25) is 0 Å². The molecule has 0 amide bonds. The average Bonchev–Trinajstić information content (AvgIpc) is 3.22. The molecule has 150 valence electrons. The van der Waals surface area contributed by atoms with Crippen molar-refractivity contribution in [2.24, 2.45) is 0 Å². The lowest BCUT2D eigenvalue weighted by molar-refractivity contribution is 0.0601. The number of hydrogen-bond acceptors (Lipinski definition) is 7. The summed E-state index contributed by atoms with van der Waals surface area (Å²) in [4.78, 5) is 16.0. The molecule has 29 heavy (non-hydrogen) atoms. The van der Waals surface area contributed by atoms with Crippen molar-refractivity contribution in [2.45, 2.75) is 13.5 Å². The number of nitrogens with one attached hydrogen (secondary N) is 2. The first kappa shape index (κ1) is 20.3. The molecular weight excluding hydrogens is 392 g/mol. The second-order valence-corrected chi connectivity index (χ2v) is 6.26. The molecule has 3 aromatic rings. The highest BCUT2D eigenvalue weighted by atomic mass is 32.1. The van der Waals surface area contributed by atoms with Gasteiger partial charge in [0.1, 0.15) is 5.75 Å². The molecule has 2 N–H and O–H groups in total. The summed E-state index contributed by atoms with van der Waals surface area (Å²) < 4.78 is 15.4. The fourth-order valence-electron chi connectivity index (χ4n) is 2.48. The largest absolute Gasteiger partial charge is 0.494 e. The lowest BCUT2D eigenvalue weighted by Gasteiger charge is -2.09. The van der Waals surface area contributed by atoms with Crippen LogP contribution in [0.5, 0.6) is 5.75 Å². The molecule has 2 aromatic carbocycles. The lowest BCUT2D eigenvalue weighted by Crippen LogP contribution is -2.28. The fourth-order valence-corrected chi connectivity index (χ4v) is 2.67. The van der Waals surface area contributed by atoms with Crippen molar-refractivity contribution < 1.29 is 18.8 Å². The summed E-state index contributed by atoms with van der Waals surface area (Å²) in [6.45, 7) is 2.80. The number of nitrogens with zero attached hydrogens (tertiary/aromatic N) is 2. The van der Waals surface area contributed by atoms with Crippen molar-refractivity contribution in [3.05, 3.63) is 60.0 Å². The Morgan fingerprint density at radius 1 is 1.21 bits per heavy atom. The minimum Gasteiger partial charge on any atom is -0.494 e. The van der Waals surface area contributed by atoms with Crippen LogP contribution in [0.1, 0.15) is 23.2 Å². The zero-order valence-corrected chi connectivity index (χ0v) is 16.8. The van der Waals surface area contributed by atoms with E-state index < -0.39 is 5.97 Å². The molecular formula is C20H20N4O4S. The van der Waals surface area contributed by atoms with Gasteiger partial charge in [-0.05, 0) is 61.6 Å². The lowest BCUT2D eigenvalue weighted by atomic mass is 10.2. The minimum absolute atomic E-state index is 0.257. The maximum Gasteiger partial charge on any atom is 0.337 e. The topological polar surface area (TPSA) is 98.5 Å². The number of aromatic nitrogens is 2. The molecule has 9 heteroatoms. The van der Waals surface area contributed by atoms with Crippen molar-refractivity contribution in [2.75, 3.05) is 19.0 Å². The van der Waals surface area contributed by atoms with E-state index in [4.69, 9.17) is 26.2 Å². The molecule has 0 spiro atoms. The Bertz CT molecular complexity index is 988. The van der Waals surface area contributed by atoms with Gasteiger partial charge in [-0.2, -0.15) is 4.98 Å². The van der Waals surface area contributed by atoms with Gasteiger partial charge in [0.25, 0.3) is 0 Å². The van der Waals surface area contributed by atoms with E-state index in [2.05, 4.69) is 20.8 Å². The number of carbonyl (C=O) groups is 1. The van der Waals surface area contributed by atoms with Gasteiger partial charge in [-0.25, -0.2) is 4.79 Å². The van der Waals surface area contributed by atoms with Crippen molar-refractivity contribution >= 4 is 29.0 Å². The highest BCUT2D eigenvalue weighted by molar-refractivity contribution is 7.80. The molecule has 0 saturated carbocycles. The van der Waals surface area contributed by atoms with Crippen LogP contribution < -0.4 is 15.4 Å². The molecule has 0 radical (unpaired) electrons. The summed E-state index contributed by atoms with van der Waals surface area (Å²) in [5.74, 6) is 1.24. The van der Waals surface area contributed by atoms with Crippen LogP contribution >= 0.6 is 12.2 Å². The molecule has 0 aliphatic carbocycles. The highest BCUT2D eigenvalue weighted by Crippen LogP contribution is 2.20. The van der Waals surface area contributed by atoms with Crippen LogP contribution in [-0.2, 0) is 11.3 Å². The molecule has 0 fully saturated rings. The number of ether oxygens (including phenoxy) is 2. The van der Waals surface area contributed by atoms with Crippen molar-refractivity contribution in [1.29, 1.82) is 0 Å². The molecule has 0 aliphatic rings. The third kappa shape index (κ3) is 5.52. The summed E-state index contributed by atoms with van der Waals surface area (Å²) in [7, 11) is 1.33. The number of thiocarbonyl (C=S) groups is 1. The van der Waals surface area contributed by atoms with Gasteiger partial charge in [-0.15, -0.1) is 0 Å². The Kier molecular flexibility index (Phi) is 6.75. The summed E-state index contributed by atoms with van der Waals surface area (Å²) >= 11 is 5.27. The molecule has 0 saturated heterocycles. The maximum absolute atomic E-state index is 11.6. The normalized spacial score (nSPS) is 10.3. The highest BCUT2D eigenvalue weighted by Gasteiger charge is 2.10. The molecule has 3 rings (SSSR count). The van der Waals surface area contributed by atoms with Crippen LogP contribution in [-0.4, -0.2) is 34.9 Å². The maximum atomic E-state index is 11.6. The van der Waals surface area contributed by atoms with E-state index in [0.717, 1.165) is 11.3 Å². The van der Waals surface area contributed by atoms with E-state index in [0.29, 0.717) is 34.7 Å². The van der Waals surface area contributed by atoms with Crippen LogP contribution in [0, 0.1) is 0 Å². The van der Waals surface area contributed by atoms with E-state index in [9.17, 15) is 4.79 Å². The predicted octanol–water partition coefficient (Wildman–Crippen LogP) is 3.41. The summed E-state index contributed by atoms with van der Waals surface area (Å²) in [5, 5.41) is 10.3. The SMILES string of the molecule is CCOc1ccc(-c2noc(CNC(=S)Nc3cccc(C(=O)OC)c3)n2)cc1. The Balaban J connectivity index is 1.55. The van der Waals surface area contributed by atoms with Gasteiger partial charge in [0.15, 0.2) is 5.11 Å². The first-order chi connectivity index (χ1) is 14.1. The monoisotopic (exact) mass is 412 g/mol. The third-order valence-corrected chi connectivity index (χ3v) is 4.08. The molecule has 0 atom stereocenters. The van der Waals surface area contributed by atoms with Gasteiger partial charge in [0, 0.05) is 11.3 Å². The third-order valence-electron chi connectivity index (χ3n) is 3.83. The Labute approximate surface area is 173 Å². The van der Waals surface area contributed by atoms with Gasteiger partial charge < -0.3 is 24.6 Å². The number of methoxy groups -OCH3 is 1. The Morgan fingerprint density at radius 2 is 2.00 bits per heavy atom. The van der Waals surface area contributed by atoms with Crippen molar-refractivity contribution in [1.82, 2.24) is 15.5 Å². The quantitative estimate of drug-likeness (QED) is 0.447. The van der Waals surface area contributed by atoms with Gasteiger partial charge in [-0.1, -0.05) is 11.2 Å². The van der Waals surface area contributed by atoms with Gasteiger partial charge in [0.2, 0.25) is 11.7 Å². The molecule has 1 aromatic heterocycles. The molecule has 0 aliphatic heterocycles. The smallest absolute Gasteiger partial charge is 0.337 e. The van der Waals surface area contributed by atoms with Crippen LogP contribution in [0.4, 0.5) is 5.69 Å². The molecule has 1 heterocycles. The number of hydrogen-bond donors (Lipinski definition) is 2. The van der Waals surface area contributed by atoms with E-state index in [1.54, 1.807) is 24.3 Å². The second kappa shape index (κ2) is 9.65. The first-order valence-corrected chi connectivity index (χ1v) is 9.29. The van der Waals surface area contributed by atoms with Gasteiger partial charge in [0.05, 0.1) is 25.8 Å². The van der Waals surface area contributed by atoms with Crippen LogP contribution in [0.3, 0.4) is 0 Å². The summed E-state index contributed by atoms with van der Waals surface area (Å²) in [6, 6.07) is 14.3. The standard InChI is InChI=1S/C20H20N4O4S/c1-3-27-16-9-7-13(8-10-16)18-23-17(28-24-18)12-21-20(29)22-15-6-4-5-14(11-15)19(25)26-2/h4-11H,3,12H2,1-2H3,(H2,21,22,29). The van der Waals surface area contributed by atoms with E-state index in [1.807, 2.05) is 31.2 Å². The zero-order chi connectivity index (χ0) is 20.6.